The van der Waals surface area contributed by atoms with Crippen LogP contribution in [0.3, 0.4) is 0 Å². The largest absolute Gasteiger partial charge is 0.494 e. The lowest BCUT2D eigenvalue weighted by Crippen LogP contribution is -2.04. The van der Waals surface area contributed by atoms with Crippen LogP contribution in [0.5, 0.6) is 5.75 Å². The Hall–Kier alpha value is -2.14. The number of benzene rings is 1. The van der Waals surface area contributed by atoms with Gasteiger partial charge in [-0.2, -0.15) is 0 Å². The maximum atomic E-state index is 12.4. The van der Waals surface area contributed by atoms with Crippen LogP contribution in [0.15, 0.2) is 38.9 Å². The second kappa shape index (κ2) is 6.96. The van der Waals surface area contributed by atoms with Crippen LogP contribution in [0.4, 0.5) is 0 Å². The van der Waals surface area contributed by atoms with Gasteiger partial charge in [0.15, 0.2) is 5.89 Å². The van der Waals surface area contributed by atoms with Gasteiger partial charge in [0.2, 0.25) is 0 Å². The molecule has 120 valence electrons. The van der Waals surface area contributed by atoms with Crippen LogP contribution in [0, 0.1) is 0 Å². The normalized spacial score (nSPS) is 11.0. The molecule has 0 saturated carbocycles. The minimum Gasteiger partial charge on any atom is -0.494 e. The number of aryl methyl sites for hydroxylation is 1. The van der Waals surface area contributed by atoms with Gasteiger partial charge < -0.3 is 9.15 Å². The Morgan fingerprint density at radius 2 is 2.00 bits per heavy atom. The third kappa shape index (κ3) is 3.29. The first-order chi connectivity index (χ1) is 11.2. The minimum atomic E-state index is -0.300. The topological polar surface area (TPSA) is 52.3 Å². The van der Waals surface area contributed by atoms with E-state index in [1.165, 1.54) is 11.3 Å². The Balaban J connectivity index is 2.00. The molecule has 0 spiro atoms. The summed E-state index contributed by atoms with van der Waals surface area (Å²) in [6, 6.07) is 7.73. The van der Waals surface area contributed by atoms with Gasteiger partial charge in [0.05, 0.1) is 6.61 Å². The van der Waals surface area contributed by atoms with Crippen LogP contribution in [0.25, 0.3) is 21.3 Å². The molecule has 0 amide bonds. The molecule has 0 N–H and O–H groups in total. The van der Waals surface area contributed by atoms with E-state index in [9.17, 15) is 4.79 Å². The van der Waals surface area contributed by atoms with Crippen LogP contribution < -0.4 is 10.4 Å². The standard InChI is InChI=1S/C18H19NO3S/c1-3-5-6-15-19-17-16(18(20)22-15)14(11-23-17)12-7-9-13(10-8-12)21-4-2/h7-11H,3-6H2,1-2H3. The summed E-state index contributed by atoms with van der Waals surface area (Å²) in [4.78, 5) is 17.6. The first kappa shape index (κ1) is 15.7. The van der Waals surface area contributed by atoms with E-state index in [1.807, 2.05) is 36.6 Å². The number of unbranched alkanes of at least 4 members (excludes halogenated alkanes) is 1. The molecule has 23 heavy (non-hydrogen) atoms. The molecule has 0 saturated heterocycles. The molecular weight excluding hydrogens is 310 g/mol. The molecule has 0 aliphatic heterocycles. The third-order valence-corrected chi connectivity index (χ3v) is 4.51. The molecule has 4 nitrogen and oxygen atoms in total. The monoisotopic (exact) mass is 329 g/mol. The van der Waals surface area contributed by atoms with Crippen molar-refractivity contribution in [3.8, 4) is 16.9 Å². The summed E-state index contributed by atoms with van der Waals surface area (Å²) in [6.45, 7) is 4.69. The van der Waals surface area contributed by atoms with Crippen LogP contribution >= 0.6 is 11.3 Å². The van der Waals surface area contributed by atoms with Gasteiger partial charge in [-0.25, -0.2) is 9.78 Å². The molecule has 0 bridgehead atoms. The zero-order valence-electron chi connectivity index (χ0n) is 13.3. The van der Waals surface area contributed by atoms with Gasteiger partial charge >= 0.3 is 5.63 Å². The van der Waals surface area contributed by atoms with E-state index >= 15 is 0 Å². The molecule has 0 aliphatic rings. The van der Waals surface area contributed by atoms with Gasteiger partial charge in [-0.05, 0) is 31.0 Å². The number of hydrogen-bond acceptors (Lipinski definition) is 5. The van der Waals surface area contributed by atoms with Crippen LogP contribution in [0.1, 0.15) is 32.6 Å². The molecule has 2 aromatic heterocycles. The highest BCUT2D eigenvalue weighted by Crippen LogP contribution is 2.32. The summed E-state index contributed by atoms with van der Waals surface area (Å²) in [5.41, 5.74) is 1.54. The zero-order chi connectivity index (χ0) is 16.2. The Labute approximate surface area is 138 Å². The highest BCUT2D eigenvalue weighted by molar-refractivity contribution is 7.17. The van der Waals surface area contributed by atoms with E-state index in [4.69, 9.17) is 9.15 Å². The molecule has 0 atom stereocenters. The van der Waals surface area contributed by atoms with Gasteiger partial charge in [-0.3, -0.25) is 0 Å². The van der Waals surface area contributed by atoms with E-state index in [0.29, 0.717) is 24.3 Å². The number of rotatable bonds is 6. The lowest BCUT2D eigenvalue weighted by atomic mass is 10.1. The van der Waals surface area contributed by atoms with E-state index < -0.39 is 0 Å². The van der Waals surface area contributed by atoms with Crippen molar-refractivity contribution in [2.24, 2.45) is 0 Å². The molecule has 0 fully saturated rings. The van der Waals surface area contributed by atoms with Crippen molar-refractivity contribution in [1.29, 1.82) is 0 Å². The molecule has 0 unspecified atom stereocenters. The van der Waals surface area contributed by atoms with Crippen molar-refractivity contribution in [3.05, 3.63) is 46.0 Å². The summed E-state index contributed by atoms with van der Waals surface area (Å²) >= 11 is 1.48. The lowest BCUT2D eigenvalue weighted by Gasteiger charge is -2.04. The summed E-state index contributed by atoms with van der Waals surface area (Å²) in [5, 5.41) is 2.54. The first-order valence-electron chi connectivity index (χ1n) is 7.87. The van der Waals surface area contributed by atoms with Crippen molar-refractivity contribution in [2.45, 2.75) is 33.1 Å². The quantitative estimate of drug-likeness (QED) is 0.660. The van der Waals surface area contributed by atoms with E-state index in [2.05, 4.69) is 11.9 Å². The number of fused-ring (bicyclic) bond motifs is 1. The fourth-order valence-corrected chi connectivity index (χ4v) is 3.42. The molecule has 0 aliphatic carbocycles. The predicted octanol–water partition coefficient (Wildman–Crippen LogP) is 4.66. The Morgan fingerprint density at radius 1 is 1.22 bits per heavy atom. The summed E-state index contributed by atoms with van der Waals surface area (Å²) < 4.78 is 10.8. The van der Waals surface area contributed by atoms with Crippen molar-refractivity contribution in [3.63, 3.8) is 0 Å². The van der Waals surface area contributed by atoms with Gasteiger partial charge in [0, 0.05) is 17.4 Å². The zero-order valence-corrected chi connectivity index (χ0v) is 14.1. The lowest BCUT2D eigenvalue weighted by molar-refractivity contribution is 0.340. The maximum absolute atomic E-state index is 12.4. The van der Waals surface area contributed by atoms with E-state index in [1.54, 1.807) is 0 Å². The SMILES string of the molecule is CCCCc1nc2scc(-c3ccc(OCC)cc3)c2c(=O)o1. The Morgan fingerprint density at radius 3 is 2.70 bits per heavy atom. The molecule has 5 heteroatoms. The Kier molecular flexibility index (Phi) is 4.76. The number of nitrogens with zero attached hydrogens (tertiary/aromatic N) is 1. The first-order valence-corrected chi connectivity index (χ1v) is 8.75. The highest BCUT2D eigenvalue weighted by Gasteiger charge is 2.14. The van der Waals surface area contributed by atoms with E-state index in [0.717, 1.165) is 34.5 Å². The highest BCUT2D eigenvalue weighted by atomic mass is 32.1. The average Bonchev–Trinajstić information content (AvgIpc) is 2.98. The van der Waals surface area contributed by atoms with Gasteiger partial charge in [-0.1, -0.05) is 25.5 Å². The molecule has 2 heterocycles. The van der Waals surface area contributed by atoms with Crippen molar-refractivity contribution in [2.75, 3.05) is 6.61 Å². The average molecular weight is 329 g/mol. The smallest absolute Gasteiger partial charge is 0.348 e. The van der Waals surface area contributed by atoms with Crippen LogP contribution in [-0.4, -0.2) is 11.6 Å². The number of aromatic nitrogens is 1. The summed E-state index contributed by atoms with van der Waals surface area (Å²) in [5.74, 6) is 1.35. The molecule has 3 rings (SSSR count). The second-order valence-corrected chi connectivity index (χ2v) is 6.14. The van der Waals surface area contributed by atoms with Crippen LogP contribution in [0.2, 0.25) is 0 Å². The predicted molar refractivity (Wildman–Crippen MR) is 93.4 cm³/mol. The Bertz CT molecular complexity index is 849. The minimum absolute atomic E-state index is 0.300. The number of ether oxygens (including phenoxy) is 1. The van der Waals surface area contributed by atoms with Crippen molar-refractivity contribution >= 4 is 21.6 Å². The van der Waals surface area contributed by atoms with E-state index in [-0.39, 0.29) is 5.63 Å². The van der Waals surface area contributed by atoms with Crippen LogP contribution in [-0.2, 0) is 6.42 Å². The van der Waals surface area contributed by atoms with Gasteiger partial charge in [-0.15, -0.1) is 11.3 Å². The molecule has 0 radical (unpaired) electrons. The maximum Gasteiger partial charge on any atom is 0.348 e. The second-order valence-electron chi connectivity index (χ2n) is 5.29. The number of hydrogen-bond donors (Lipinski definition) is 0. The number of thiophene rings is 1. The third-order valence-electron chi connectivity index (χ3n) is 3.63. The molecular formula is C18H19NO3S. The molecule has 3 aromatic rings. The summed E-state index contributed by atoms with van der Waals surface area (Å²) in [6.07, 6.45) is 2.72. The van der Waals surface area contributed by atoms with Gasteiger partial charge in [0.25, 0.3) is 0 Å². The fraction of sp³-hybridized carbons (Fsp3) is 0.333. The van der Waals surface area contributed by atoms with Gasteiger partial charge in [0.1, 0.15) is 16.0 Å². The van der Waals surface area contributed by atoms with Crippen molar-refractivity contribution < 1.29 is 9.15 Å². The summed E-state index contributed by atoms with van der Waals surface area (Å²) in [7, 11) is 0. The fourth-order valence-electron chi connectivity index (χ4n) is 2.47. The van der Waals surface area contributed by atoms with Crippen molar-refractivity contribution in [1.82, 2.24) is 4.98 Å². The molecule has 1 aromatic carbocycles.